The Labute approximate surface area is 147 Å². The number of nitrogens with one attached hydrogen (secondary N) is 1. The lowest BCUT2D eigenvalue weighted by Crippen LogP contribution is -2.21. The zero-order valence-electron chi connectivity index (χ0n) is 12.1. The van der Waals surface area contributed by atoms with Crippen LogP contribution < -0.4 is 10.1 Å². The highest BCUT2D eigenvalue weighted by Gasteiger charge is 2.23. The van der Waals surface area contributed by atoms with Gasteiger partial charge in [-0.25, -0.2) is 0 Å². The molecule has 1 unspecified atom stereocenters. The first-order valence-corrected chi connectivity index (χ1v) is 8.28. The Morgan fingerprint density at radius 2 is 2.39 bits per heavy atom. The van der Waals surface area contributed by atoms with E-state index >= 15 is 0 Å². The zero-order chi connectivity index (χ0) is 16.2. The van der Waals surface area contributed by atoms with Crippen molar-refractivity contribution in [3.8, 4) is 5.75 Å². The van der Waals surface area contributed by atoms with Crippen LogP contribution in [0, 0.1) is 0 Å². The molecule has 6 heteroatoms. The van der Waals surface area contributed by atoms with Crippen molar-refractivity contribution in [1.29, 1.82) is 0 Å². The van der Waals surface area contributed by atoms with Crippen LogP contribution in [0.4, 0.5) is 0 Å². The molecule has 1 aromatic heterocycles. The van der Waals surface area contributed by atoms with E-state index in [0.29, 0.717) is 23.7 Å². The van der Waals surface area contributed by atoms with Gasteiger partial charge in [0.2, 0.25) is 5.91 Å². The van der Waals surface area contributed by atoms with Crippen LogP contribution in [0.25, 0.3) is 0 Å². The van der Waals surface area contributed by atoms with E-state index < -0.39 is 0 Å². The smallest absolute Gasteiger partial charge is 0.244 e. The van der Waals surface area contributed by atoms with Crippen molar-refractivity contribution >= 4 is 33.4 Å². The minimum absolute atomic E-state index is 0.166. The maximum atomic E-state index is 11.9. The molecule has 1 atom stereocenters. The van der Waals surface area contributed by atoms with Crippen molar-refractivity contribution in [3.63, 3.8) is 0 Å². The number of carbonyl (C=O) groups excluding carboxylic acids is 1. The molecule has 2 aromatic rings. The maximum Gasteiger partial charge on any atom is 0.244 e. The summed E-state index contributed by atoms with van der Waals surface area (Å²) in [7, 11) is 0. The summed E-state index contributed by atoms with van der Waals surface area (Å²) in [6, 6.07) is 7.53. The SMILES string of the molecule is O=C(/C=C/C1Cc2cc(Br)cc(Cl)c2O1)NCc1cccnc1. The fourth-order valence-corrected chi connectivity index (χ4v) is 3.28. The van der Waals surface area contributed by atoms with Gasteiger partial charge in [0.05, 0.1) is 5.02 Å². The summed E-state index contributed by atoms with van der Waals surface area (Å²) in [6.07, 6.45) is 7.19. The molecule has 1 N–H and O–H groups in total. The minimum Gasteiger partial charge on any atom is -0.484 e. The summed E-state index contributed by atoms with van der Waals surface area (Å²) in [5.41, 5.74) is 1.99. The number of rotatable bonds is 4. The van der Waals surface area contributed by atoms with E-state index in [0.717, 1.165) is 15.6 Å². The Kier molecular flexibility index (Phi) is 4.98. The number of benzene rings is 1. The fraction of sp³-hybridized carbons (Fsp3) is 0.176. The number of hydrogen-bond acceptors (Lipinski definition) is 3. The van der Waals surface area contributed by atoms with Gasteiger partial charge in [0, 0.05) is 41.5 Å². The molecule has 0 radical (unpaired) electrons. The number of aromatic nitrogens is 1. The van der Waals surface area contributed by atoms with Gasteiger partial charge in [0.15, 0.2) is 0 Å². The first-order chi connectivity index (χ1) is 11.1. The van der Waals surface area contributed by atoms with Crippen molar-refractivity contribution in [1.82, 2.24) is 10.3 Å². The van der Waals surface area contributed by atoms with E-state index in [1.54, 1.807) is 24.5 Å². The summed E-state index contributed by atoms with van der Waals surface area (Å²) in [5, 5.41) is 3.38. The van der Waals surface area contributed by atoms with Crippen molar-refractivity contribution in [3.05, 3.63) is 69.4 Å². The van der Waals surface area contributed by atoms with E-state index in [1.807, 2.05) is 18.2 Å². The second-order valence-electron chi connectivity index (χ2n) is 5.17. The van der Waals surface area contributed by atoms with E-state index in [-0.39, 0.29) is 12.0 Å². The highest BCUT2D eigenvalue weighted by molar-refractivity contribution is 9.10. The molecule has 1 aromatic carbocycles. The first-order valence-electron chi connectivity index (χ1n) is 7.11. The van der Waals surface area contributed by atoms with Gasteiger partial charge in [-0.05, 0) is 29.8 Å². The van der Waals surface area contributed by atoms with Crippen molar-refractivity contribution < 1.29 is 9.53 Å². The van der Waals surface area contributed by atoms with E-state index in [4.69, 9.17) is 16.3 Å². The second-order valence-corrected chi connectivity index (χ2v) is 6.50. The van der Waals surface area contributed by atoms with Crippen LogP contribution in [0.3, 0.4) is 0 Å². The molecule has 0 saturated carbocycles. The number of ether oxygens (including phenoxy) is 1. The number of fused-ring (bicyclic) bond motifs is 1. The highest BCUT2D eigenvalue weighted by Crippen LogP contribution is 2.38. The molecule has 1 aliphatic heterocycles. The van der Waals surface area contributed by atoms with Gasteiger partial charge in [-0.1, -0.05) is 33.6 Å². The van der Waals surface area contributed by atoms with Crippen LogP contribution in [0.15, 0.2) is 53.3 Å². The molecule has 0 spiro atoms. The lowest BCUT2D eigenvalue weighted by atomic mass is 10.1. The lowest BCUT2D eigenvalue weighted by Gasteiger charge is -2.06. The van der Waals surface area contributed by atoms with Crippen LogP contribution in [-0.2, 0) is 17.8 Å². The third kappa shape index (κ3) is 4.12. The van der Waals surface area contributed by atoms with Crippen LogP contribution in [0.5, 0.6) is 5.75 Å². The van der Waals surface area contributed by atoms with Crippen LogP contribution >= 0.6 is 27.5 Å². The molecular weight excluding hydrogens is 380 g/mol. The second kappa shape index (κ2) is 7.15. The predicted molar refractivity (Wildman–Crippen MR) is 92.5 cm³/mol. The molecule has 0 saturated heterocycles. The Morgan fingerprint density at radius 3 is 3.17 bits per heavy atom. The molecule has 0 aliphatic carbocycles. The lowest BCUT2D eigenvalue weighted by molar-refractivity contribution is -0.116. The fourth-order valence-electron chi connectivity index (χ4n) is 2.36. The third-order valence-electron chi connectivity index (χ3n) is 3.43. The topological polar surface area (TPSA) is 51.2 Å². The summed E-state index contributed by atoms with van der Waals surface area (Å²) in [6.45, 7) is 0.446. The van der Waals surface area contributed by atoms with E-state index in [1.165, 1.54) is 6.08 Å². The van der Waals surface area contributed by atoms with Crippen LogP contribution in [0.1, 0.15) is 11.1 Å². The largest absolute Gasteiger partial charge is 0.484 e. The molecule has 0 bridgehead atoms. The molecule has 4 nitrogen and oxygen atoms in total. The maximum absolute atomic E-state index is 11.9. The third-order valence-corrected chi connectivity index (χ3v) is 4.17. The Hall–Kier alpha value is -1.85. The number of hydrogen-bond donors (Lipinski definition) is 1. The number of halogens is 2. The standard InChI is InChI=1S/C17H14BrClN2O2/c18-13-6-12-7-14(23-17(12)15(19)8-13)3-4-16(22)21-10-11-2-1-5-20-9-11/h1-6,8-9,14H,7,10H2,(H,21,22)/b4-3+. The first kappa shape index (κ1) is 16.0. The van der Waals surface area contributed by atoms with Gasteiger partial charge in [-0.3, -0.25) is 9.78 Å². The van der Waals surface area contributed by atoms with Gasteiger partial charge in [-0.2, -0.15) is 0 Å². The predicted octanol–water partition coefficient (Wildman–Crippen LogP) is 3.67. The monoisotopic (exact) mass is 392 g/mol. The van der Waals surface area contributed by atoms with Gasteiger partial charge >= 0.3 is 0 Å². The molecule has 23 heavy (non-hydrogen) atoms. The van der Waals surface area contributed by atoms with Crippen LogP contribution in [0.2, 0.25) is 5.02 Å². The van der Waals surface area contributed by atoms with Crippen LogP contribution in [-0.4, -0.2) is 17.0 Å². The average molecular weight is 394 g/mol. The number of nitrogens with zero attached hydrogens (tertiary/aromatic N) is 1. The summed E-state index contributed by atoms with van der Waals surface area (Å²) >= 11 is 9.57. The Balaban J connectivity index is 1.55. The molecule has 1 aliphatic rings. The summed E-state index contributed by atoms with van der Waals surface area (Å²) < 4.78 is 6.70. The number of amides is 1. The van der Waals surface area contributed by atoms with Gasteiger partial charge in [-0.15, -0.1) is 0 Å². The Morgan fingerprint density at radius 1 is 1.52 bits per heavy atom. The van der Waals surface area contributed by atoms with Crippen molar-refractivity contribution in [2.24, 2.45) is 0 Å². The van der Waals surface area contributed by atoms with Gasteiger partial charge in [0.1, 0.15) is 11.9 Å². The average Bonchev–Trinajstić information content (AvgIpc) is 2.95. The normalized spacial score (nSPS) is 16.2. The Bertz CT molecular complexity index is 750. The molecular formula is C17H14BrClN2O2. The highest BCUT2D eigenvalue weighted by atomic mass is 79.9. The quantitative estimate of drug-likeness (QED) is 0.806. The number of pyridine rings is 1. The van der Waals surface area contributed by atoms with Crippen molar-refractivity contribution in [2.45, 2.75) is 19.1 Å². The van der Waals surface area contributed by atoms with E-state index in [9.17, 15) is 4.79 Å². The minimum atomic E-state index is -0.180. The molecule has 3 rings (SSSR count). The van der Waals surface area contributed by atoms with E-state index in [2.05, 4.69) is 26.2 Å². The van der Waals surface area contributed by atoms with Gasteiger partial charge < -0.3 is 10.1 Å². The van der Waals surface area contributed by atoms with Gasteiger partial charge in [0.25, 0.3) is 0 Å². The summed E-state index contributed by atoms with van der Waals surface area (Å²) in [4.78, 5) is 15.9. The molecule has 0 fully saturated rings. The van der Waals surface area contributed by atoms with Crippen molar-refractivity contribution in [2.75, 3.05) is 0 Å². The number of carbonyl (C=O) groups is 1. The molecule has 118 valence electrons. The molecule has 1 amide bonds. The summed E-state index contributed by atoms with van der Waals surface area (Å²) in [5.74, 6) is 0.529. The molecule has 2 heterocycles. The zero-order valence-corrected chi connectivity index (χ0v) is 14.5.